The summed E-state index contributed by atoms with van der Waals surface area (Å²) in [6, 6.07) is 27.5. The van der Waals surface area contributed by atoms with Gasteiger partial charge in [-0.3, -0.25) is 0 Å². The molecule has 0 aliphatic heterocycles. The molecule has 0 unspecified atom stereocenters. The number of anilines is 2. The van der Waals surface area contributed by atoms with Crippen molar-refractivity contribution in [3.8, 4) is 11.1 Å². The van der Waals surface area contributed by atoms with Gasteiger partial charge in [-0.15, -0.1) is 0 Å². The van der Waals surface area contributed by atoms with Gasteiger partial charge in [0.1, 0.15) is 12.1 Å². The molecule has 6 rings (SSSR count). The lowest BCUT2D eigenvalue weighted by molar-refractivity contribution is 0.795. The van der Waals surface area contributed by atoms with Crippen LogP contribution in [0.1, 0.15) is 31.2 Å². The molecule has 4 heteroatoms. The molecule has 1 N–H and O–H groups in total. The monoisotopic (exact) mass is 406 g/mol. The Balaban J connectivity index is 1.32. The highest BCUT2D eigenvalue weighted by Crippen LogP contribution is 2.34. The highest BCUT2D eigenvalue weighted by Gasteiger charge is 2.29. The predicted molar refractivity (Wildman–Crippen MR) is 127 cm³/mol. The maximum Gasteiger partial charge on any atom is 0.137 e. The van der Waals surface area contributed by atoms with Gasteiger partial charge in [0.2, 0.25) is 0 Å². The standard InChI is InChI=1S/C27H26N4/c1-2-7-23(8-3-1)31(24-12-13-24)17-19-5-4-6-20(15-19)21-9-14-26-25(16-21)27(29-18-28-26)30-22-10-11-22/h1-9,14-16,18,22,24H,10-13,17H2,(H,28,29,30). The minimum atomic E-state index is 0.566. The number of nitrogens with zero attached hydrogens (tertiary/aromatic N) is 3. The van der Waals surface area contributed by atoms with Crippen LogP contribution in [0.25, 0.3) is 22.0 Å². The molecule has 0 atom stereocenters. The van der Waals surface area contributed by atoms with E-state index in [0.717, 1.165) is 23.3 Å². The van der Waals surface area contributed by atoms with Crippen molar-refractivity contribution in [3.63, 3.8) is 0 Å². The van der Waals surface area contributed by atoms with E-state index in [2.05, 4.69) is 93.0 Å². The van der Waals surface area contributed by atoms with Crippen molar-refractivity contribution in [2.75, 3.05) is 10.2 Å². The third-order valence-electron chi connectivity index (χ3n) is 6.24. The summed E-state index contributed by atoms with van der Waals surface area (Å²) < 4.78 is 0. The summed E-state index contributed by atoms with van der Waals surface area (Å²) >= 11 is 0. The molecule has 0 spiro atoms. The Labute approximate surface area is 183 Å². The van der Waals surface area contributed by atoms with Crippen molar-refractivity contribution in [2.24, 2.45) is 0 Å². The summed E-state index contributed by atoms with van der Waals surface area (Å²) in [6.45, 7) is 0.938. The van der Waals surface area contributed by atoms with E-state index in [0.29, 0.717) is 12.1 Å². The quantitative estimate of drug-likeness (QED) is 0.406. The van der Waals surface area contributed by atoms with Crippen LogP contribution in [0.4, 0.5) is 11.5 Å². The molecule has 4 nitrogen and oxygen atoms in total. The molecule has 4 aromatic rings. The van der Waals surface area contributed by atoms with Crippen LogP contribution in [0.15, 0.2) is 79.1 Å². The molecule has 0 amide bonds. The molecule has 1 heterocycles. The van der Waals surface area contributed by atoms with Crippen LogP contribution >= 0.6 is 0 Å². The molecule has 3 aromatic carbocycles. The van der Waals surface area contributed by atoms with Crippen LogP contribution in [0.3, 0.4) is 0 Å². The van der Waals surface area contributed by atoms with Crippen molar-refractivity contribution in [1.82, 2.24) is 9.97 Å². The lowest BCUT2D eigenvalue weighted by Crippen LogP contribution is -2.24. The number of hydrogen-bond donors (Lipinski definition) is 1. The lowest BCUT2D eigenvalue weighted by Gasteiger charge is -2.25. The maximum absolute atomic E-state index is 4.51. The van der Waals surface area contributed by atoms with E-state index in [1.54, 1.807) is 6.33 Å². The molecule has 2 saturated carbocycles. The topological polar surface area (TPSA) is 41.1 Å². The number of hydrogen-bond acceptors (Lipinski definition) is 4. The normalized spacial score (nSPS) is 15.7. The summed E-state index contributed by atoms with van der Waals surface area (Å²) in [5, 5.41) is 4.65. The van der Waals surface area contributed by atoms with E-state index in [-0.39, 0.29) is 0 Å². The van der Waals surface area contributed by atoms with E-state index < -0.39 is 0 Å². The smallest absolute Gasteiger partial charge is 0.137 e. The molecule has 31 heavy (non-hydrogen) atoms. The summed E-state index contributed by atoms with van der Waals surface area (Å²) in [4.78, 5) is 11.5. The van der Waals surface area contributed by atoms with Crippen LogP contribution in [-0.2, 0) is 6.54 Å². The predicted octanol–water partition coefficient (Wildman–Crippen LogP) is 6.04. The number of benzene rings is 3. The Morgan fingerprint density at radius 2 is 1.65 bits per heavy atom. The number of fused-ring (bicyclic) bond motifs is 1. The minimum absolute atomic E-state index is 0.566. The largest absolute Gasteiger partial charge is 0.367 e. The van der Waals surface area contributed by atoms with Crippen LogP contribution in [0.2, 0.25) is 0 Å². The van der Waals surface area contributed by atoms with Crippen molar-refractivity contribution in [3.05, 3.63) is 84.7 Å². The van der Waals surface area contributed by atoms with Crippen LogP contribution in [-0.4, -0.2) is 22.1 Å². The molecule has 0 saturated heterocycles. The van der Waals surface area contributed by atoms with Gasteiger partial charge in [0.25, 0.3) is 0 Å². The maximum atomic E-state index is 4.51. The van der Waals surface area contributed by atoms with Gasteiger partial charge in [0.05, 0.1) is 5.52 Å². The second-order valence-electron chi connectivity index (χ2n) is 8.77. The van der Waals surface area contributed by atoms with E-state index >= 15 is 0 Å². The SMILES string of the molecule is c1ccc(N(Cc2cccc(-c3ccc4ncnc(NC5CC5)c4c3)c2)C2CC2)cc1. The second kappa shape index (κ2) is 7.69. The number of nitrogens with one attached hydrogen (secondary N) is 1. The highest BCUT2D eigenvalue weighted by atomic mass is 15.2. The number of aromatic nitrogens is 2. The molecule has 1 aromatic heterocycles. The van der Waals surface area contributed by atoms with Gasteiger partial charge in [-0.1, -0.05) is 42.5 Å². The van der Waals surface area contributed by atoms with Gasteiger partial charge >= 0.3 is 0 Å². The lowest BCUT2D eigenvalue weighted by atomic mass is 10.0. The van der Waals surface area contributed by atoms with Crippen LogP contribution < -0.4 is 10.2 Å². The van der Waals surface area contributed by atoms with E-state index in [9.17, 15) is 0 Å². The summed E-state index contributed by atoms with van der Waals surface area (Å²) in [7, 11) is 0. The zero-order valence-corrected chi connectivity index (χ0v) is 17.5. The Morgan fingerprint density at radius 1 is 0.806 bits per heavy atom. The Bertz CT molecular complexity index is 1210. The van der Waals surface area contributed by atoms with Gasteiger partial charge in [-0.25, -0.2) is 9.97 Å². The zero-order valence-electron chi connectivity index (χ0n) is 17.5. The molecular weight excluding hydrogens is 380 g/mol. The van der Waals surface area contributed by atoms with Gasteiger partial charge in [0, 0.05) is 29.7 Å². The van der Waals surface area contributed by atoms with Crippen LogP contribution in [0, 0.1) is 0 Å². The number of rotatable bonds is 7. The third-order valence-corrected chi connectivity index (χ3v) is 6.24. The average Bonchev–Trinajstić information content (AvgIpc) is 3.74. The first-order valence-corrected chi connectivity index (χ1v) is 11.3. The first-order chi connectivity index (χ1) is 15.3. The van der Waals surface area contributed by atoms with Gasteiger partial charge in [-0.05, 0) is 72.7 Å². The molecular formula is C27H26N4. The van der Waals surface area contributed by atoms with Gasteiger partial charge in [0.15, 0.2) is 0 Å². The fraction of sp³-hybridized carbons (Fsp3) is 0.259. The second-order valence-corrected chi connectivity index (χ2v) is 8.77. The summed E-state index contributed by atoms with van der Waals surface area (Å²) in [5.74, 6) is 0.953. The minimum Gasteiger partial charge on any atom is -0.367 e. The van der Waals surface area contributed by atoms with Crippen molar-refractivity contribution < 1.29 is 0 Å². The van der Waals surface area contributed by atoms with Gasteiger partial charge < -0.3 is 10.2 Å². The average molecular weight is 407 g/mol. The first-order valence-electron chi connectivity index (χ1n) is 11.3. The highest BCUT2D eigenvalue weighted by molar-refractivity contribution is 5.92. The van der Waals surface area contributed by atoms with Crippen LogP contribution in [0.5, 0.6) is 0 Å². The summed E-state index contributed by atoms with van der Waals surface area (Å²) in [5.41, 5.74) is 6.09. The van der Waals surface area contributed by atoms with Gasteiger partial charge in [-0.2, -0.15) is 0 Å². The van der Waals surface area contributed by atoms with E-state index in [4.69, 9.17) is 0 Å². The molecule has 0 radical (unpaired) electrons. The fourth-order valence-corrected chi connectivity index (χ4v) is 4.26. The van der Waals surface area contributed by atoms with E-state index in [1.165, 1.54) is 48.1 Å². The zero-order chi connectivity index (χ0) is 20.6. The van der Waals surface area contributed by atoms with E-state index in [1.807, 2.05) is 0 Å². The Kier molecular flexibility index (Phi) is 4.56. The number of para-hydroxylation sites is 1. The molecule has 0 bridgehead atoms. The first kappa shape index (κ1) is 18.4. The Morgan fingerprint density at radius 3 is 2.45 bits per heavy atom. The summed E-state index contributed by atoms with van der Waals surface area (Å²) in [6.07, 6.45) is 6.69. The molecule has 2 aliphatic rings. The third kappa shape index (κ3) is 3.98. The molecule has 2 aliphatic carbocycles. The van der Waals surface area contributed by atoms with Crippen molar-refractivity contribution in [2.45, 2.75) is 44.3 Å². The molecule has 154 valence electrons. The fourth-order valence-electron chi connectivity index (χ4n) is 4.26. The van der Waals surface area contributed by atoms with Crippen molar-refractivity contribution in [1.29, 1.82) is 0 Å². The van der Waals surface area contributed by atoms with Crippen molar-refractivity contribution >= 4 is 22.4 Å². The molecule has 2 fully saturated rings. The Hall–Kier alpha value is -3.40.